The van der Waals surface area contributed by atoms with Gasteiger partial charge in [0.25, 0.3) is 0 Å². The van der Waals surface area contributed by atoms with Gasteiger partial charge >= 0.3 is 0 Å². The highest BCUT2D eigenvalue weighted by atomic mass is 35.5. The first-order chi connectivity index (χ1) is 6.39. The molecule has 1 N–H and O–H groups in total. The van der Waals surface area contributed by atoms with Crippen molar-refractivity contribution >= 4 is 21.4 Å². The zero-order valence-corrected chi connectivity index (χ0v) is 10.1. The first-order valence-corrected chi connectivity index (χ1v) is 7.01. The molecule has 0 aromatic carbocycles. The second-order valence-corrected chi connectivity index (χ2v) is 7.26. The lowest BCUT2D eigenvalue weighted by molar-refractivity contribution is 0.130. The van der Waals surface area contributed by atoms with E-state index in [1.807, 2.05) is 0 Å². The Morgan fingerprint density at radius 3 is 2.29 bits per heavy atom. The van der Waals surface area contributed by atoms with Crippen LogP contribution in [0.15, 0.2) is 0 Å². The Kier molecular flexibility index (Phi) is 3.49. The third kappa shape index (κ3) is 1.92. The van der Waals surface area contributed by atoms with Gasteiger partial charge in [0.05, 0.1) is 6.10 Å². The zero-order chi connectivity index (χ0) is 11.0. The van der Waals surface area contributed by atoms with Gasteiger partial charge in [-0.05, 0) is 25.2 Å². The number of hydrogen-bond donors (Lipinski definition) is 1. The molecule has 2 atom stereocenters. The van der Waals surface area contributed by atoms with E-state index in [4.69, 9.17) is 11.6 Å². The number of rotatable bonds is 5. The molecule has 1 rings (SSSR count). The summed E-state index contributed by atoms with van der Waals surface area (Å²) in [4.78, 5) is 0. The van der Waals surface area contributed by atoms with Crippen molar-refractivity contribution in [3.8, 4) is 0 Å². The number of aliphatic hydroxyl groups excluding tert-OH is 1. The minimum absolute atomic E-state index is 0.0197. The smallest absolute Gasteiger partial charge is 0.172 e. The molecule has 0 aromatic heterocycles. The molecule has 0 aromatic rings. The zero-order valence-electron chi connectivity index (χ0n) is 8.53. The molecule has 0 aliphatic heterocycles. The van der Waals surface area contributed by atoms with Gasteiger partial charge in [-0.15, -0.1) is 0 Å². The van der Waals surface area contributed by atoms with E-state index in [0.717, 1.165) is 12.8 Å². The maximum absolute atomic E-state index is 11.7. The van der Waals surface area contributed by atoms with Crippen molar-refractivity contribution < 1.29 is 13.5 Å². The summed E-state index contributed by atoms with van der Waals surface area (Å²) >= 11 is 6.06. The highest BCUT2D eigenvalue weighted by Crippen LogP contribution is 2.44. The van der Waals surface area contributed by atoms with Gasteiger partial charge in [0.15, 0.2) is 14.0 Å². The molecule has 1 fully saturated rings. The van der Waals surface area contributed by atoms with Gasteiger partial charge in [-0.1, -0.05) is 25.4 Å². The van der Waals surface area contributed by atoms with E-state index < -0.39 is 20.1 Å². The first-order valence-electron chi connectivity index (χ1n) is 4.98. The molecule has 0 bridgehead atoms. The summed E-state index contributed by atoms with van der Waals surface area (Å²) in [5, 5.41) is 9.86. The molecule has 14 heavy (non-hydrogen) atoms. The number of hydrogen-bond acceptors (Lipinski definition) is 3. The van der Waals surface area contributed by atoms with Crippen LogP contribution in [0.4, 0.5) is 0 Å². The second-order valence-electron chi connectivity index (χ2n) is 3.83. The molecule has 1 saturated carbocycles. The lowest BCUT2D eigenvalue weighted by Crippen LogP contribution is -2.45. The molecular weight excluding hydrogens is 224 g/mol. The lowest BCUT2D eigenvalue weighted by atomic mass is 10.1. The van der Waals surface area contributed by atoms with Crippen LogP contribution in [0.1, 0.15) is 33.1 Å². The van der Waals surface area contributed by atoms with Crippen molar-refractivity contribution in [2.24, 2.45) is 5.92 Å². The van der Waals surface area contributed by atoms with Gasteiger partial charge in [0.1, 0.15) is 0 Å². The van der Waals surface area contributed by atoms with Gasteiger partial charge in [-0.2, -0.15) is 0 Å². The molecule has 0 heterocycles. The molecule has 0 spiro atoms. The van der Waals surface area contributed by atoms with Crippen molar-refractivity contribution in [3.05, 3.63) is 0 Å². The normalized spacial score (nSPS) is 24.3. The van der Waals surface area contributed by atoms with Crippen molar-refractivity contribution in [1.29, 1.82) is 0 Å². The van der Waals surface area contributed by atoms with Crippen molar-refractivity contribution in [2.75, 3.05) is 5.75 Å². The molecule has 0 radical (unpaired) electrons. The van der Waals surface area contributed by atoms with E-state index in [1.54, 1.807) is 13.8 Å². The van der Waals surface area contributed by atoms with Crippen LogP contribution < -0.4 is 0 Å². The van der Waals surface area contributed by atoms with Crippen LogP contribution in [0.3, 0.4) is 0 Å². The summed E-state index contributed by atoms with van der Waals surface area (Å²) < 4.78 is 22.0. The van der Waals surface area contributed by atoms with Crippen LogP contribution >= 0.6 is 11.6 Å². The summed E-state index contributed by atoms with van der Waals surface area (Å²) in [5.41, 5.74) is 0. The fourth-order valence-electron chi connectivity index (χ4n) is 1.62. The van der Waals surface area contributed by atoms with E-state index in [9.17, 15) is 13.5 Å². The molecule has 3 nitrogen and oxygen atoms in total. The van der Waals surface area contributed by atoms with Crippen LogP contribution in [0.2, 0.25) is 0 Å². The molecule has 84 valence electrons. The fraction of sp³-hybridized carbons (Fsp3) is 1.00. The molecule has 0 saturated heterocycles. The highest BCUT2D eigenvalue weighted by molar-refractivity contribution is 7.94. The molecule has 1 aliphatic carbocycles. The van der Waals surface area contributed by atoms with Gasteiger partial charge in [-0.25, -0.2) is 8.42 Å². The fourth-order valence-corrected chi connectivity index (χ4v) is 3.60. The Hall–Kier alpha value is 0.200. The Balaban J connectivity index is 2.95. The summed E-state index contributed by atoms with van der Waals surface area (Å²) in [6.45, 7) is 3.26. The summed E-state index contributed by atoms with van der Waals surface area (Å²) in [6, 6.07) is 0. The molecular formula is C9H17ClO3S. The van der Waals surface area contributed by atoms with Crippen molar-refractivity contribution in [2.45, 2.75) is 43.4 Å². The third-order valence-electron chi connectivity index (χ3n) is 2.89. The van der Waals surface area contributed by atoms with Gasteiger partial charge in [0, 0.05) is 5.75 Å². The SMILES string of the molecule is CC[C@@](Cl)([C@@H](O)C1CC1)S(=O)(=O)CC. The van der Waals surface area contributed by atoms with E-state index in [0.29, 0.717) is 0 Å². The van der Waals surface area contributed by atoms with Crippen molar-refractivity contribution in [1.82, 2.24) is 0 Å². The standard InChI is InChI=1S/C9H17ClO3S/c1-3-9(10,14(12,13)4-2)8(11)7-5-6-7/h7-8,11H,3-6H2,1-2H3/t8-,9-/m0/s1. The first kappa shape index (κ1) is 12.3. The Labute approximate surface area is 90.4 Å². The van der Waals surface area contributed by atoms with Crippen molar-refractivity contribution in [3.63, 3.8) is 0 Å². The van der Waals surface area contributed by atoms with Crippen LogP contribution in [-0.2, 0) is 9.84 Å². The maximum Gasteiger partial charge on any atom is 0.172 e. The summed E-state index contributed by atoms with van der Waals surface area (Å²) in [5.74, 6) is 0.0578. The minimum atomic E-state index is -3.40. The van der Waals surface area contributed by atoms with Crippen LogP contribution in [0.5, 0.6) is 0 Å². The minimum Gasteiger partial charge on any atom is -0.390 e. The molecule has 1 aliphatic rings. The Morgan fingerprint density at radius 1 is 1.50 bits per heavy atom. The van der Waals surface area contributed by atoms with Crippen LogP contribution in [-0.4, -0.2) is 29.6 Å². The van der Waals surface area contributed by atoms with E-state index in [2.05, 4.69) is 0 Å². The Bertz CT molecular complexity index is 297. The largest absolute Gasteiger partial charge is 0.390 e. The van der Waals surface area contributed by atoms with Crippen LogP contribution in [0.25, 0.3) is 0 Å². The van der Waals surface area contributed by atoms with E-state index in [1.165, 1.54) is 0 Å². The number of halogens is 1. The predicted molar refractivity (Wildman–Crippen MR) is 57.1 cm³/mol. The topological polar surface area (TPSA) is 54.4 Å². The average molecular weight is 241 g/mol. The molecule has 5 heteroatoms. The number of alkyl halides is 1. The van der Waals surface area contributed by atoms with Gasteiger partial charge in [-0.3, -0.25) is 0 Å². The number of aliphatic hydroxyl groups is 1. The highest BCUT2D eigenvalue weighted by Gasteiger charge is 2.51. The summed E-state index contributed by atoms with van der Waals surface area (Å²) in [7, 11) is -3.40. The van der Waals surface area contributed by atoms with Crippen LogP contribution in [0, 0.1) is 5.92 Å². The monoisotopic (exact) mass is 240 g/mol. The predicted octanol–water partition coefficient (Wildman–Crippen LogP) is 1.54. The molecule has 0 amide bonds. The van der Waals surface area contributed by atoms with E-state index >= 15 is 0 Å². The van der Waals surface area contributed by atoms with Gasteiger partial charge in [0.2, 0.25) is 0 Å². The Morgan fingerprint density at radius 2 is 2.00 bits per heavy atom. The molecule has 0 unspecified atom stereocenters. The third-order valence-corrected chi connectivity index (χ3v) is 6.41. The lowest BCUT2D eigenvalue weighted by Gasteiger charge is -2.30. The quantitative estimate of drug-likeness (QED) is 0.742. The maximum atomic E-state index is 11.7. The second kappa shape index (κ2) is 3.99. The van der Waals surface area contributed by atoms with Gasteiger partial charge < -0.3 is 5.11 Å². The number of sulfone groups is 1. The summed E-state index contributed by atoms with van der Waals surface area (Å²) in [6.07, 6.45) is 1.10. The average Bonchev–Trinajstić information content (AvgIpc) is 2.98. The van der Waals surface area contributed by atoms with E-state index in [-0.39, 0.29) is 18.1 Å².